The van der Waals surface area contributed by atoms with Gasteiger partial charge < -0.3 is 5.32 Å². The fourth-order valence-electron chi connectivity index (χ4n) is 2.10. The lowest BCUT2D eigenvalue weighted by Gasteiger charge is -2.18. The van der Waals surface area contributed by atoms with Crippen LogP contribution >= 0.6 is 0 Å². The van der Waals surface area contributed by atoms with E-state index in [9.17, 15) is 13.2 Å². The molecule has 1 unspecified atom stereocenters. The molecule has 0 saturated heterocycles. The molecule has 4 nitrogen and oxygen atoms in total. The maximum Gasteiger partial charge on any atom is 0.194 e. The van der Waals surface area contributed by atoms with Gasteiger partial charge in [0.25, 0.3) is 0 Å². The lowest BCUT2D eigenvalue weighted by Crippen LogP contribution is -2.24. The van der Waals surface area contributed by atoms with Gasteiger partial charge in [-0.15, -0.1) is 5.10 Å². The molecule has 1 N–H and O–H groups in total. The van der Waals surface area contributed by atoms with Crippen LogP contribution in [0, 0.1) is 17.5 Å². The van der Waals surface area contributed by atoms with Gasteiger partial charge >= 0.3 is 0 Å². The number of nitrogens with one attached hydrogen (secondary N) is 1. The van der Waals surface area contributed by atoms with Crippen molar-refractivity contribution in [3.63, 3.8) is 0 Å². The first-order chi connectivity index (χ1) is 10.0. The molecular weight excluding hydrogens is 281 g/mol. The summed E-state index contributed by atoms with van der Waals surface area (Å²) in [4.78, 5) is 0. The number of halogens is 3. The molecule has 0 aliphatic rings. The Labute approximate surface area is 121 Å². The summed E-state index contributed by atoms with van der Waals surface area (Å²) in [6, 6.07) is 1.68. The summed E-state index contributed by atoms with van der Waals surface area (Å²) in [6.45, 7) is 2.66. The van der Waals surface area contributed by atoms with Crippen molar-refractivity contribution in [3.8, 4) is 0 Å². The van der Waals surface area contributed by atoms with E-state index in [1.54, 1.807) is 17.9 Å². The maximum absolute atomic E-state index is 13.4. The Morgan fingerprint density at radius 2 is 1.90 bits per heavy atom. The summed E-state index contributed by atoms with van der Waals surface area (Å²) in [7, 11) is 1.74. The summed E-state index contributed by atoms with van der Waals surface area (Å²) in [6.07, 6.45) is 3.01. The molecule has 2 aromatic rings. The molecule has 0 amide bonds. The third-order valence-corrected chi connectivity index (χ3v) is 3.11. The van der Waals surface area contributed by atoms with Crippen molar-refractivity contribution >= 4 is 0 Å². The minimum Gasteiger partial charge on any atom is -0.310 e. The smallest absolute Gasteiger partial charge is 0.194 e. The van der Waals surface area contributed by atoms with Gasteiger partial charge in [-0.05, 0) is 30.7 Å². The van der Waals surface area contributed by atoms with Crippen molar-refractivity contribution < 1.29 is 13.2 Å². The summed E-state index contributed by atoms with van der Waals surface area (Å²) in [5, 5.41) is 11.0. The lowest BCUT2D eigenvalue weighted by atomic mass is 10.0. The summed E-state index contributed by atoms with van der Waals surface area (Å²) < 4.78 is 41.4. The van der Waals surface area contributed by atoms with Crippen molar-refractivity contribution in [3.05, 3.63) is 47.0 Å². The monoisotopic (exact) mass is 298 g/mol. The molecule has 21 heavy (non-hydrogen) atoms. The van der Waals surface area contributed by atoms with E-state index in [1.165, 1.54) is 0 Å². The van der Waals surface area contributed by atoms with E-state index in [0.717, 1.165) is 18.6 Å². The molecule has 1 aromatic carbocycles. The first kappa shape index (κ1) is 15.5. The Kier molecular flexibility index (Phi) is 4.95. The number of hydrogen-bond acceptors (Lipinski definition) is 3. The largest absolute Gasteiger partial charge is 0.310 e. The fraction of sp³-hybridized carbons (Fsp3) is 0.429. The minimum absolute atomic E-state index is 0.352. The Bertz CT molecular complexity index is 589. The van der Waals surface area contributed by atoms with E-state index in [2.05, 4.69) is 15.6 Å². The van der Waals surface area contributed by atoms with Gasteiger partial charge in [-0.2, -0.15) is 0 Å². The highest BCUT2D eigenvalue weighted by atomic mass is 19.2. The number of rotatable bonds is 6. The van der Waals surface area contributed by atoms with Crippen molar-refractivity contribution in [1.29, 1.82) is 0 Å². The summed E-state index contributed by atoms with van der Waals surface area (Å²) >= 11 is 0. The molecule has 0 radical (unpaired) electrons. The second-order valence-electron chi connectivity index (χ2n) is 4.89. The van der Waals surface area contributed by atoms with Gasteiger partial charge in [0.05, 0.1) is 5.69 Å². The Hall–Kier alpha value is -1.89. The molecule has 1 heterocycles. The molecule has 2 rings (SSSR count). The number of benzene rings is 1. The fourth-order valence-corrected chi connectivity index (χ4v) is 2.10. The molecule has 0 fully saturated rings. The van der Waals surface area contributed by atoms with Crippen LogP contribution in [0.5, 0.6) is 0 Å². The van der Waals surface area contributed by atoms with Crippen LogP contribution < -0.4 is 5.32 Å². The van der Waals surface area contributed by atoms with Crippen molar-refractivity contribution in [2.75, 3.05) is 6.54 Å². The zero-order valence-corrected chi connectivity index (χ0v) is 11.9. The zero-order valence-electron chi connectivity index (χ0n) is 11.9. The summed E-state index contributed by atoms with van der Waals surface area (Å²) in [5.41, 5.74) is 1.04. The van der Waals surface area contributed by atoms with Crippen LogP contribution in [0.1, 0.15) is 30.6 Å². The molecule has 7 heteroatoms. The zero-order chi connectivity index (χ0) is 15.4. The van der Waals surface area contributed by atoms with Crippen LogP contribution in [0.3, 0.4) is 0 Å². The SMILES string of the molecule is CCCNC(Cc1cn(C)nn1)c1cc(F)c(F)c(F)c1. The minimum atomic E-state index is -1.45. The summed E-state index contributed by atoms with van der Waals surface area (Å²) in [5.74, 6) is -3.83. The van der Waals surface area contributed by atoms with Gasteiger partial charge in [-0.3, -0.25) is 4.68 Å². The molecule has 1 aromatic heterocycles. The molecular formula is C14H17F3N4. The van der Waals surface area contributed by atoms with E-state index in [-0.39, 0.29) is 6.04 Å². The number of hydrogen-bond donors (Lipinski definition) is 1. The third kappa shape index (κ3) is 3.81. The van der Waals surface area contributed by atoms with Gasteiger partial charge in [-0.25, -0.2) is 13.2 Å². The van der Waals surface area contributed by atoms with Crippen molar-refractivity contribution in [2.45, 2.75) is 25.8 Å². The highest BCUT2D eigenvalue weighted by Gasteiger charge is 2.18. The third-order valence-electron chi connectivity index (χ3n) is 3.11. The van der Waals surface area contributed by atoms with Gasteiger partial charge in [0.2, 0.25) is 0 Å². The van der Waals surface area contributed by atoms with Crippen LogP contribution in [0.4, 0.5) is 13.2 Å². The van der Waals surface area contributed by atoms with E-state index < -0.39 is 17.5 Å². The van der Waals surface area contributed by atoms with Crippen LogP contribution in [-0.4, -0.2) is 21.5 Å². The van der Waals surface area contributed by atoms with Crippen molar-refractivity contribution in [2.24, 2.45) is 7.05 Å². The Morgan fingerprint density at radius 1 is 1.24 bits per heavy atom. The highest BCUT2D eigenvalue weighted by Crippen LogP contribution is 2.22. The number of aryl methyl sites for hydroxylation is 1. The average molecular weight is 298 g/mol. The van der Waals surface area contributed by atoms with E-state index in [1.807, 2.05) is 6.92 Å². The van der Waals surface area contributed by atoms with Crippen LogP contribution in [0.2, 0.25) is 0 Å². The molecule has 0 bridgehead atoms. The van der Waals surface area contributed by atoms with Gasteiger partial charge in [-0.1, -0.05) is 12.1 Å². The molecule has 0 aliphatic carbocycles. The second kappa shape index (κ2) is 6.71. The molecule has 0 aliphatic heterocycles. The van der Waals surface area contributed by atoms with Crippen LogP contribution in [-0.2, 0) is 13.5 Å². The Morgan fingerprint density at radius 3 is 2.43 bits per heavy atom. The quantitative estimate of drug-likeness (QED) is 0.833. The standard InChI is InChI=1S/C14H17F3N4/c1-3-4-18-13(7-10-8-21(2)20-19-10)9-5-11(15)14(17)12(16)6-9/h5-6,8,13,18H,3-4,7H2,1-2H3. The second-order valence-corrected chi connectivity index (χ2v) is 4.89. The lowest BCUT2D eigenvalue weighted by molar-refractivity contribution is 0.438. The molecule has 0 saturated carbocycles. The average Bonchev–Trinajstić information content (AvgIpc) is 2.85. The Balaban J connectivity index is 2.26. The number of nitrogens with zero attached hydrogens (tertiary/aromatic N) is 3. The van der Waals surface area contributed by atoms with Crippen LogP contribution in [0.25, 0.3) is 0 Å². The first-order valence-corrected chi connectivity index (χ1v) is 6.74. The van der Waals surface area contributed by atoms with Gasteiger partial charge in [0, 0.05) is 25.7 Å². The number of aromatic nitrogens is 3. The molecule has 114 valence electrons. The van der Waals surface area contributed by atoms with E-state index in [0.29, 0.717) is 24.2 Å². The molecule has 1 atom stereocenters. The molecule has 0 spiro atoms. The topological polar surface area (TPSA) is 42.7 Å². The van der Waals surface area contributed by atoms with Gasteiger partial charge in [0.15, 0.2) is 17.5 Å². The first-order valence-electron chi connectivity index (χ1n) is 6.74. The predicted molar refractivity (Wildman–Crippen MR) is 72.1 cm³/mol. The highest BCUT2D eigenvalue weighted by molar-refractivity contribution is 5.24. The van der Waals surface area contributed by atoms with Crippen molar-refractivity contribution in [1.82, 2.24) is 20.3 Å². The van der Waals surface area contributed by atoms with E-state index in [4.69, 9.17) is 0 Å². The van der Waals surface area contributed by atoms with Crippen LogP contribution in [0.15, 0.2) is 18.3 Å². The van der Waals surface area contributed by atoms with Gasteiger partial charge in [0.1, 0.15) is 0 Å². The normalized spacial score (nSPS) is 12.6. The maximum atomic E-state index is 13.4. The van der Waals surface area contributed by atoms with E-state index >= 15 is 0 Å². The predicted octanol–water partition coefficient (Wildman–Crippen LogP) is 2.52.